The molecule has 0 fully saturated rings. The Labute approximate surface area is 98.9 Å². The molecule has 1 aromatic carbocycles. The van der Waals surface area contributed by atoms with Gasteiger partial charge in [0.1, 0.15) is 0 Å². The number of thiol groups is 1. The van der Waals surface area contributed by atoms with Crippen LogP contribution in [0.1, 0.15) is 0 Å². The first-order chi connectivity index (χ1) is 7.41. The van der Waals surface area contributed by atoms with Gasteiger partial charge >= 0.3 is 0 Å². The van der Waals surface area contributed by atoms with Crippen LogP contribution in [-0.4, -0.2) is 36.8 Å². The number of aromatic amines is 1. The average molecular weight is 257 g/mol. The molecule has 1 aromatic heterocycles. The third-order valence-corrected chi connectivity index (χ3v) is 4.24. The van der Waals surface area contributed by atoms with E-state index in [2.05, 4.69) is 22.6 Å². The van der Waals surface area contributed by atoms with Crippen molar-refractivity contribution in [3.05, 3.63) is 18.2 Å². The average Bonchev–Trinajstić information content (AvgIpc) is 2.56. The molecule has 0 atom stereocenters. The van der Waals surface area contributed by atoms with Crippen molar-refractivity contribution in [3.63, 3.8) is 0 Å². The minimum absolute atomic E-state index is 0.238. The Morgan fingerprint density at radius 3 is 2.69 bits per heavy atom. The molecule has 1 N–H and O–H groups in total. The second kappa shape index (κ2) is 3.76. The second-order valence-corrected chi connectivity index (χ2v) is 6.10. The van der Waals surface area contributed by atoms with Crippen LogP contribution >= 0.6 is 12.6 Å². The van der Waals surface area contributed by atoms with E-state index in [9.17, 15) is 8.42 Å². The summed E-state index contributed by atoms with van der Waals surface area (Å²) in [5.41, 5.74) is 1.36. The third kappa shape index (κ3) is 1.81. The highest BCUT2D eigenvalue weighted by molar-refractivity contribution is 7.89. The van der Waals surface area contributed by atoms with Gasteiger partial charge in [0, 0.05) is 14.1 Å². The molecule has 7 heteroatoms. The maximum absolute atomic E-state index is 11.9. The molecule has 0 aliphatic rings. The number of sulfonamides is 1. The Balaban J connectivity index is 2.63. The predicted molar refractivity (Wildman–Crippen MR) is 64.2 cm³/mol. The van der Waals surface area contributed by atoms with Crippen molar-refractivity contribution < 1.29 is 8.42 Å². The van der Waals surface area contributed by atoms with Gasteiger partial charge in [0.15, 0.2) is 5.16 Å². The van der Waals surface area contributed by atoms with Crippen LogP contribution in [0.15, 0.2) is 28.3 Å². The monoisotopic (exact) mass is 257 g/mol. The summed E-state index contributed by atoms with van der Waals surface area (Å²) in [5, 5.41) is 0.467. The van der Waals surface area contributed by atoms with Crippen LogP contribution in [0.3, 0.4) is 0 Å². The molecule has 0 saturated heterocycles. The molecule has 0 aliphatic carbocycles. The van der Waals surface area contributed by atoms with E-state index in [4.69, 9.17) is 0 Å². The van der Waals surface area contributed by atoms with Gasteiger partial charge in [-0.15, -0.1) is 12.6 Å². The predicted octanol–water partition coefficient (Wildman–Crippen LogP) is 1.10. The molecule has 0 spiro atoms. The van der Waals surface area contributed by atoms with Gasteiger partial charge in [-0.2, -0.15) is 0 Å². The van der Waals surface area contributed by atoms with E-state index < -0.39 is 10.0 Å². The lowest BCUT2D eigenvalue weighted by Crippen LogP contribution is -2.22. The van der Waals surface area contributed by atoms with Crippen LogP contribution in [-0.2, 0) is 10.0 Å². The number of benzene rings is 1. The molecule has 2 aromatic rings. The van der Waals surface area contributed by atoms with E-state index in [1.54, 1.807) is 12.1 Å². The zero-order valence-corrected chi connectivity index (χ0v) is 10.5. The van der Waals surface area contributed by atoms with Crippen molar-refractivity contribution in [2.75, 3.05) is 14.1 Å². The lowest BCUT2D eigenvalue weighted by atomic mass is 10.3. The Morgan fingerprint density at radius 1 is 1.38 bits per heavy atom. The maximum Gasteiger partial charge on any atom is 0.242 e. The summed E-state index contributed by atoms with van der Waals surface area (Å²) in [6, 6.07) is 4.74. The second-order valence-electron chi connectivity index (χ2n) is 3.53. The highest BCUT2D eigenvalue weighted by atomic mass is 32.2. The number of hydrogen-bond acceptors (Lipinski definition) is 4. The van der Waals surface area contributed by atoms with Crippen LogP contribution in [0.5, 0.6) is 0 Å². The minimum atomic E-state index is -3.40. The molecule has 5 nitrogen and oxygen atoms in total. The molecule has 0 unspecified atom stereocenters. The van der Waals surface area contributed by atoms with Crippen molar-refractivity contribution in [1.82, 2.24) is 14.3 Å². The minimum Gasteiger partial charge on any atom is -0.333 e. The molecular formula is C9H11N3O2S2. The lowest BCUT2D eigenvalue weighted by Gasteiger charge is -2.10. The van der Waals surface area contributed by atoms with Gasteiger partial charge in [0.05, 0.1) is 15.9 Å². The number of nitrogens with zero attached hydrogens (tertiary/aromatic N) is 2. The lowest BCUT2D eigenvalue weighted by molar-refractivity contribution is 0.521. The van der Waals surface area contributed by atoms with Gasteiger partial charge in [-0.1, -0.05) is 0 Å². The zero-order valence-electron chi connectivity index (χ0n) is 8.80. The molecule has 0 saturated carbocycles. The first kappa shape index (κ1) is 11.4. The molecule has 86 valence electrons. The van der Waals surface area contributed by atoms with Crippen LogP contribution in [0.4, 0.5) is 0 Å². The molecule has 1 heterocycles. The number of hydrogen-bond donors (Lipinski definition) is 2. The van der Waals surface area contributed by atoms with Gasteiger partial charge in [0.25, 0.3) is 0 Å². The summed E-state index contributed by atoms with van der Waals surface area (Å²) in [7, 11) is -0.405. The van der Waals surface area contributed by atoms with Crippen molar-refractivity contribution in [2.24, 2.45) is 0 Å². The van der Waals surface area contributed by atoms with Crippen LogP contribution in [0.25, 0.3) is 11.0 Å². The summed E-state index contributed by atoms with van der Waals surface area (Å²) < 4.78 is 24.9. The summed E-state index contributed by atoms with van der Waals surface area (Å²) in [6.07, 6.45) is 0. The number of imidazole rings is 1. The van der Waals surface area contributed by atoms with E-state index in [1.807, 2.05) is 0 Å². The Kier molecular flexibility index (Phi) is 2.69. The summed E-state index contributed by atoms with van der Waals surface area (Å²) >= 11 is 4.06. The van der Waals surface area contributed by atoms with Gasteiger partial charge in [-0.05, 0) is 18.2 Å². The van der Waals surface area contributed by atoms with E-state index in [-0.39, 0.29) is 4.90 Å². The Morgan fingerprint density at radius 2 is 2.06 bits per heavy atom. The fraction of sp³-hybridized carbons (Fsp3) is 0.222. The molecule has 2 rings (SSSR count). The smallest absolute Gasteiger partial charge is 0.242 e. The summed E-state index contributed by atoms with van der Waals surface area (Å²) in [6.45, 7) is 0. The van der Waals surface area contributed by atoms with Gasteiger partial charge in [0.2, 0.25) is 10.0 Å². The number of fused-ring (bicyclic) bond motifs is 1. The number of rotatable bonds is 2. The van der Waals surface area contributed by atoms with Gasteiger partial charge in [-0.25, -0.2) is 17.7 Å². The van der Waals surface area contributed by atoms with E-state index >= 15 is 0 Å². The highest BCUT2D eigenvalue weighted by Gasteiger charge is 2.17. The first-order valence-corrected chi connectivity index (χ1v) is 6.41. The first-order valence-electron chi connectivity index (χ1n) is 4.52. The van der Waals surface area contributed by atoms with Gasteiger partial charge < -0.3 is 4.98 Å². The Hall–Kier alpha value is -1.05. The van der Waals surface area contributed by atoms with E-state index in [0.717, 1.165) is 0 Å². The molecular weight excluding hydrogens is 246 g/mol. The number of H-pyrrole nitrogens is 1. The number of aromatic nitrogens is 2. The van der Waals surface area contributed by atoms with Crippen molar-refractivity contribution >= 4 is 33.7 Å². The molecule has 0 aliphatic heterocycles. The summed E-state index contributed by atoms with van der Waals surface area (Å²) in [5.74, 6) is 0. The molecule has 16 heavy (non-hydrogen) atoms. The van der Waals surface area contributed by atoms with Crippen molar-refractivity contribution in [2.45, 2.75) is 10.1 Å². The highest BCUT2D eigenvalue weighted by Crippen LogP contribution is 2.20. The molecule has 0 radical (unpaired) electrons. The fourth-order valence-corrected chi connectivity index (χ4v) is 2.50. The van der Waals surface area contributed by atoms with Crippen molar-refractivity contribution in [3.8, 4) is 0 Å². The van der Waals surface area contributed by atoms with Crippen LogP contribution in [0, 0.1) is 0 Å². The maximum atomic E-state index is 11.9. The Bertz CT molecular complexity index is 631. The normalized spacial score (nSPS) is 12.5. The SMILES string of the molecule is CN(C)S(=O)(=O)c1ccc2nc(S)[nH]c2c1. The van der Waals surface area contributed by atoms with E-state index in [0.29, 0.717) is 16.2 Å². The topological polar surface area (TPSA) is 66.1 Å². The van der Waals surface area contributed by atoms with Crippen molar-refractivity contribution in [1.29, 1.82) is 0 Å². The van der Waals surface area contributed by atoms with Crippen LogP contribution < -0.4 is 0 Å². The van der Waals surface area contributed by atoms with Gasteiger partial charge in [-0.3, -0.25) is 0 Å². The van der Waals surface area contributed by atoms with Crippen LogP contribution in [0.2, 0.25) is 0 Å². The summed E-state index contributed by atoms with van der Waals surface area (Å²) in [4.78, 5) is 7.20. The van der Waals surface area contributed by atoms with E-state index in [1.165, 1.54) is 24.5 Å². The number of nitrogens with one attached hydrogen (secondary N) is 1. The zero-order chi connectivity index (χ0) is 11.9. The molecule has 0 bridgehead atoms. The third-order valence-electron chi connectivity index (χ3n) is 2.22. The largest absolute Gasteiger partial charge is 0.333 e. The molecule has 0 amide bonds. The standard InChI is InChI=1S/C9H11N3O2S2/c1-12(2)16(13,14)6-3-4-7-8(5-6)11-9(15)10-7/h3-5H,1-2H3,(H2,10,11,15). The fourth-order valence-electron chi connectivity index (χ4n) is 1.35. The quantitative estimate of drug-likeness (QED) is 0.792.